The highest BCUT2D eigenvalue weighted by Gasteiger charge is 2.38. The van der Waals surface area contributed by atoms with Crippen LogP contribution in [-0.2, 0) is 17.6 Å². The number of para-hydroxylation sites is 1. The topological polar surface area (TPSA) is 73.9 Å². The molecule has 7 heteroatoms. The molecule has 2 aliphatic heterocycles. The fourth-order valence-corrected chi connectivity index (χ4v) is 6.79. The van der Waals surface area contributed by atoms with Crippen molar-refractivity contribution in [3.8, 4) is 11.5 Å². The van der Waals surface area contributed by atoms with E-state index in [-0.39, 0.29) is 17.7 Å². The van der Waals surface area contributed by atoms with E-state index in [4.69, 9.17) is 4.74 Å². The lowest BCUT2D eigenvalue weighted by Gasteiger charge is -2.39. The van der Waals surface area contributed by atoms with Gasteiger partial charge in [0.2, 0.25) is 5.91 Å². The Balaban J connectivity index is 1.12. The second kappa shape index (κ2) is 12.2. The average molecular weight is 567 g/mol. The molecule has 0 bridgehead atoms. The molecular formula is C35H42N4O3. The minimum absolute atomic E-state index is 0.0118. The molecule has 1 aliphatic carbocycles. The van der Waals surface area contributed by atoms with E-state index in [0.29, 0.717) is 49.6 Å². The van der Waals surface area contributed by atoms with Crippen LogP contribution in [0.5, 0.6) is 11.5 Å². The van der Waals surface area contributed by atoms with Gasteiger partial charge in [-0.2, -0.15) is 0 Å². The zero-order valence-corrected chi connectivity index (χ0v) is 24.9. The Morgan fingerprint density at radius 1 is 0.929 bits per heavy atom. The third-order valence-corrected chi connectivity index (χ3v) is 9.02. The molecule has 1 unspecified atom stereocenters. The molecule has 220 valence electrons. The summed E-state index contributed by atoms with van der Waals surface area (Å²) in [5, 5.41) is 7.27. The first-order chi connectivity index (χ1) is 20.4. The summed E-state index contributed by atoms with van der Waals surface area (Å²) in [4.78, 5) is 31.8. The number of fused-ring (bicyclic) bond motifs is 2. The summed E-state index contributed by atoms with van der Waals surface area (Å²) in [7, 11) is 0. The molecule has 2 amide bonds. The van der Waals surface area contributed by atoms with Crippen LogP contribution in [-0.4, -0.2) is 65.9 Å². The van der Waals surface area contributed by atoms with E-state index in [1.807, 2.05) is 62.1 Å². The molecule has 1 saturated heterocycles. The predicted octanol–water partition coefficient (Wildman–Crippen LogP) is 5.43. The number of piperidine rings is 1. The number of carbonyl (C=O) groups excluding carboxylic acids is 2. The fraction of sp³-hybridized carbons (Fsp3) is 0.429. The van der Waals surface area contributed by atoms with Crippen LogP contribution in [0.25, 0.3) is 0 Å². The highest BCUT2D eigenvalue weighted by Crippen LogP contribution is 2.32. The van der Waals surface area contributed by atoms with Crippen molar-refractivity contribution < 1.29 is 14.3 Å². The third-order valence-electron chi connectivity index (χ3n) is 9.02. The highest BCUT2D eigenvalue weighted by molar-refractivity contribution is 6.03. The van der Waals surface area contributed by atoms with Crippen LogP contribution < -0.4 is 15.4 Å². The van der Waals surface area contributed by atoms with Gasteiger partial charge in [0.25, 0.3) is 5.91 Å². The van der Waals surface area contributed by atoms with Crippen LogP contribution in [0.4, 0.5) is 5.69 Å². The SMILES string of the molecule is Cc1ccccc1Oc1ccc2c(c1)C(=O)N(C(C(=O)N1CCC(NC3Cc4ccccc4C3)CC1)C(C)C)CCN2. The summed E-state index contributed by atoms with van der Waals surface area (Å²) in [6, 6.07) is 22.5. The van der Waals surface area contributed by atoms with Gasteiger partial charge >= 0.3 is 0 Å². The van der Waals surface area contributed by atoms with Crippen molar-refractivity contribution in [3.63, 3.8) is 0 Å². The molecule has 1 fully saturated rings. The molecule has 3 aromatic rings. The zero-order valence-electron chi connectivity index (χ0n) is 24.9. The number of hydrogen-bond donors (Lipinski definition) is 2. The minimum Gasteiger partial charge on any atom is -0.457 e. The van der Waals surface area contributed by atoms with E-state index < -0.39 is 6.04 Å². The molecule has 0 spiro atoms. The molecule has 0 aromatic heterocycles. The van der Waals surface area contributed by atoms with Crippen LogP contribution in [0, 0.1) is 12.8 Å². The lowest BCUT2D eigenvalue weighted by molar-refractivity contribution is -0.138. The summed E-state index contributed by atoms with van der Waals surface area (Å²) in [5.41, 5.74) is 5.24. The molecular weight excluding hydrogens is 524 g/mol. The second-order valence-corrected chi connectivity index (χ2v) is 12.3. The lowest BCUT2D eigenvalue weighted by Crippen LogP contribution is -2.56. The van der Waals surface area contributed by atoms with Crippen LogP contribution in [0.3, 0.4) is 0 Å². The Morgan fingerprint density at radius 3 is 2.31 bits per heavy atom. The number of rotatable bonds is 7. The summed E-state index contributed by atoms with van der Waals surface area (Å²) in [6.45, 7) is 8.56. The van der Waals surface area contributed by atoms with Gasteiger partial charge in [0.05, 0.1) is 5.56 Å². The van der Waals surface area contributed by atoms with E-state index in [2.05, 4.69) is 34.9 Å². The van der Waals surface area contributed by atoms with Gasteiger partial charge in [-0.1, -0.05) is 56.3 Å². The summed E-state index contributed by atoms with van der Waals surface area (Å²) >= 11 is 0. The molecule has 2 heterocycles. The van der Waals surface area contributed by atoms with E-state index in [1.165, 1.54) is 11.1 Å². The normalized spacial score (nSPS) is 18.3. The van der Waals surface area contributed by atoms with Gasteiger partial charge < -0.3 is 25.2 Å². The number of nitrogens with zero attached hydrogens (tertiary/aromatic N) is 2. The van der Waals surface area contributed by atoms with Gasteiger partial charge in [0.15, 0.2) is 0 Å². The van der Waals surface area contributed by atoms with Crippen LogP contribution in [0.1, 0.15) is 53.7 Å². The quantitative estimate of drug-likeness (QED) is 0.399. The van der Waals surface area contributed by atoms with Crippen LogP contribution in [0.2, 0.25) is 0 Å². The number of amides is 2. The minimum atomic E-state index is -0.514. The lowest BCUT2D eigenvalue weighted by atomic mass is 9.97. The van der Waals surface area contributed by atoms with Gasteiger partial charge in [-0.3, -0.25) is 9.59 Å². The number of nitrogens with one attached hydrogen (secondary N) is 2. The second-order valence-electron chi connectivity index (χ2n) is 12.3. The maximum absolute atomic E-state index is 14.0. The largest absolute Gasteiger partial charge is 0.457 e. The van der Waals surface area contributed by atoms with Gasteiger partial charge in [-0.25, -0.2) is 0 Å². The Bertz CT molecular complexity index is 1420. The number of carbonyl (C=O) groups is 2. The number of hydrogen-bond acceptors (Lipinski definition) is 5. The third kappa shape index (κ3) is 5.88. The Morgan fingerprint density at radius 2 is 1.62 bits per heavy atom. The molecule has 0 saturated carbocycles. The van der Waals surface area contributed by atoms with E-state index in [1.54, 1.807) is 11.0 Å². The van der Waals surface area contributed by atoms with Crippen molar-refractivity contribution in [2.45, 2.75) is 64.6 Å². The molecule has 0 radical (unpaired) electrons. The van der Waals surface area contributed by atoms with Gasteiger partial charge in [-0.15, -0.1) is 0 Å². The number of aryl methyl sites for hydroxylation is 1. The molecule has 3 aromatic carbocycles. The first kappa shape index (κ1) is 28.3. The molecule has 3 aliphatic rings. The van der Waals surface area contributed by atoms with Crippen molar-refractivity contribution in [1.82, 2.24) is 15.1 Å². The molecule has 2 N–H and O–H groups in total. The molecule has 6 rings (SSSR count). The van der Waals surface area contributed by atoms with Crippen molar-refractivity contribution in [2.24, 2.45) is 5.92 Å². The Kier molecular flexibility index (Phi) is 8.20. The van der Waals surface area contributed by atoms with E-state index in [9.17, 15) is 9.59 Å². The highest BCUT2D eigenvalue weighted by atomic mass is 16.5. The van der Waals surface area contributed by atoms with Crippen LogP contribution in [0.15, 0.2) is 66.7 Å². The van der Waals surface area contributed by atoms with E-state index >= 15 is 0 Å². The van der Waals surface area contributed by atoms with Crippen LogP contribution >= 0.6 is 0 Å². The zero-order chi connectivity index (χ0) is 29.2. The van der Waals surface area contributed by atoms with E-state index in [0.717, 1.165) is 42.7 Å². The summed E-state index contributed by atoms with van der Waals surface area (Å²) < 4.78 is 6.15. The Labute approximate surface area is 249 Å². The van der Waals surface area contributed by atoms with Gasteiger partial charge in [-0.05, 0) is 79.5 Å². The maximum atomic E-state index is 14.0. The fourth-order valence-electron chi connectivity index (χ4n) is 6.79. The predicted molar refractivity (Wildman–Crippen MR) is 166 cm³/mol. The van der Waals surface area contributed by atoms with Crippen molar-refractivity contribution in [1.29, 1.82) is 0 Å². The first-order valence-electron chi connectivity index (χ1n) is 15.4. The van der Waals surface area contributed by atoms with Crippen molar-refractivity contribution in [3.05, 3.63) is 89.0 Å². The Hall–Kier alpha value is -3.84. The van der Waals surface area contributed by atoms with Gasteiger partial charge in [0.1, 0.15) is 17.5 Å². The smallest absolute Gasteiger partial charge is 0.256 e. The maximum Gasteiger partial charge on any atom is 0.256 e. The number of likely N-dealkylation sites (tertiary alicyclic amines) is 1. The first-order valence-corrected chi connectivity index (χ1v) is 15.4. The molecule has 7 nitrogen and oxygen atoms in total. The summed E-state index contributed by atoms with van der Waals surface area (Å²) in [6.07, 6.45) is 4.02. The molecule has 1 atom stereocenters. The number of ether oxygens (including phenoxy) is 1. The number of benzene rings is 3. The number of anilines is 1. The average Bonchev–Trinajstić information content (AvgIpc) is 3.33. The summed E-state index contributed by atoms with van der Waals surface area (Å²) in [5.74, 6) is 1.28. The van der Waals surface area contributed by atoms with Gasteiger partial charge in [0, 0.05) is 44.0 Å². The monoisotopic (exact) mass is 566 g/mol. The standard InChI is InChI=1S/C35H42N4O3/c1-23(2)33(35(41)38-17-14-27(15-18-38)37-28-20-25-9-5-6-10-26(25)21-28)39-19-16-36-31-13-12-29(22-30(31)34(39)40)42-32-11-7-4-8-24(32)3/h4-13,22-23,27-28,33,36-37H,14-21H2,1-3H3. The van der Waals surface area contributed by atoms with Crippen molar-refractivity contribution >= 4 is 17.5 Å². The van der Waals surface area contributed by atoms with Crippen molar-refractivity contribution in [2.75, 3.05) is 31.5 Å². The molecule has 42 heavy (non-hydrogen) atoms.